The van der Waals surface area contributed by atoms with Crippen LogP contribution in [0.15, 0.2) is 12.7 Å². The van der Waals surface area contributed by atoms with Gasteiger partial charge in [0.25, 0.3) is 0 Å². The number of aliphatic hydroxyl groups is 2. The summed E-state index contributed by atoms with van der Waals surface area (Å²) < 4.78 is 0. The SMILES string of the molecule is C=CC(C)CCCC.CCCC(O)CC(C)O. The van der Waals surface area contributed by atoms with E-state index in [4.69, 9.17) is 10.2 Å². The summed E-state index contributed by atoms with van der Waals surface area (Å²) in [5, 5.41) is 17.8. The first-order valence-corrected chi connectivity index (χ1v) is 6.96. The lowest BCUT2D eigenvalue weighted by Crippen LogP contribution is -2.13. The molecule has 3 atom stereocenters. The molecule has 0 aliphatic carbocycles. The second-order valence-corrected chi connectivity index (χ2v) is 4.88. The number of rotatable bonds is 8. The highest BCUT2D eigenvalue weighted by atomic mass is 16.3. The zero-order valence-electron chi connectivity index (χ0n) is 12.2. The molecule has 0 aromatic rings. The Balaban J connectivity index is 0. The molecule has 0 rings (SSSR count). The monoisotopic (exact) mass is 244 g/mol. The van der Waals surface area contributed by atoms with Crippen LogP contribution in [0.3, 0.4) is 0 Å². The third-order valence-corrected chi connectivity index (χ3v) is 2.65. The molecule has 0 aliphatic heterocycles. The van der Waals surface area contributed by atoms with Crippen molar-refractivity contribution < 1.29 is 10.2 Å². The first-order valence-electron chi connectivity index (χ1n) is 6.96. The largest absolute Gasteiger partial charge is 0.393 e. The molecular weight excluding hydrogens is 212 g/mol. The molecule has 0 heterocycles. The van der Waals surface area contributed by atoms with E-state index in [1.807, 2.05) is 13.0 Å². The average molecular weight is 244 g/mol. The molecule has 0 spiro atoms. The smallest absolute Gasteiger partial charge is 0.0564 e. The van der Waals surface area contributed by atoms with E-state index in [1.165, 1.54) is 19.3 Å². The van der Waals surface area contributed by atoms with E-state index in [1.54, 1.807) is 6.92 Å². The summed E-state index contributed by atoms with van der Waals surface area (Å²) in [6.07, 6.45) is 7.58. The van der Waals surface area contributed by atoms with Crippen LogP contribution < -0.4 is 0 Å². The van der Waals surface area contributed by atoms with Crippen LogP contribution in [0.1, 0.15) is 66.2 Å². The summed E-state index contributed by atoms with van der Waals surface area (Å²) in [4.78, 5) is 0. The van der Waals surface area contributed by atoms with E-state index in [-0.39, 0.29) is 12.2 Å². The molecule has 2 N–H and O–H groups in total. The quantitative estimate of drug-likeness (QED) is 0.635. The molecule has 0 radical (unpaired) electrons. The minimum atomic E-state index is -0.369. The lowest BCUT2D eigenvalue weighted by Gasteiger charge is -2.09. The third-order valence-electron chi connectivity index (χ3n) is 2.65. The van der Waals surface area contributed by atoms with Gasteiger partial charge >= 0.3 is 0 Å². The molecule has 2 nitrogen and oxygen atoms in total. The van der Waals surface area contributed by atoms with Crippen molar-refractivity contribution >= 4 is 0 Å². The fourth-order valence-corrected chi connectivity index (χ4v) is 1.49. The molecule has 0 saturated carbocycles. The van der Waals surface area contributed by atoms with Gasteiger partial charge in [-0.2, -0.15) is 0 Å². The van der Waals surface area contributed by atoms with Gasteiger partial charge in [0, 0.05) is 0 Å². The zero-order chi connectivity index (χ0) is 13.7. The summed E-state index contributed by atoms with van der Waals surface area (Å²) in [5.41, 5.74) is 0. The number of unbranched alkanes of at least 4 members (excludes halogenated alkanes) is 1. The number of hydrogen-bond donors (Lipinski definition) is 2. The van der Waals surface area contributed by atoms with E-state index in [0.717, 1.165) is 18.8 Å². The Morgan fingerprint density at radius 3 is 2.00 bits per heavy atom. The first kappa shape index (κ1) is 19.0. The number of aliphatic hydroxyl groups excluding tert-OH is 2. The van der Waals surface area contributed by atoms with Gasteiger partial charge in [-0.1, -0.05) is 46.1 Å². The minimum Gasteiger partial charge on any atom is -0.393 e. The minimum absolute atomic E-state index is 0.310. The normalized spacial score (nSPS) is 15.4. The molecule has 0 fully saturated rings. The Morgan fingerprint density at radius 1 is 1.06 bits per heavy atom. The van der Waals surface area contributed by atoms with E-state index in [9.17, 15) is 0 Å². The van der Waals surface area contributed by atoms with Crippen LogP contribution in [0.25, 0.3) is 0 Å². The van der Waals surface area contributed by atoms with Crippen LogP contribution in [0.4, 0.5) is 0 Å². The molecule has 0 saturated heterocycles. The highest BCUT2D eigenvalue weighted by molar-refractivity contribution is 4.74. The fourth-order valence-electron chi connectivity index (χ4n) is 1.49. The van der Waals surface area contributed by atoms with Gasteiger partial charge in [0.1, 0.15) is 0 Å². The van der Waals surface area contributed by atoms with Gasteiger partial charge in [-0.25, -0.2) is 0 Å². The van der Waals surface area contributed by atoms with Crippen LogP contribution in [0.2, 0.25) is 0 Å². The molecule has 3 unspecified atom stereocenters. The number of allylic oxidation sites excluding steroid dienone is 1. The summed E-state index contributed by atoms with van der Waals surface area (Å²) in [6, 6.07) is 0. The van der Waals surface area contributed by atoms with E-state index in [0.29, 0.717) is 6.42 Å². The van der Waals surface area contributed by atoms with Crippen molar-refractivity contribution in [2.24, 2.45) is 5.92 Å². The lowest BCUT2D eigenvalue weighted by molar-refractivity contribution is 0.0848. The third kappa shape index (κ3) is 18.2. The second-order valence-electron chi connectivity index (χ2n) is 4.88. The molecule has 17 heavy (non-hydrogen) atoms. The average Bonchev–Trinajstić information content (AvgIpc) is 2.26. The predicted molar refractivity (Wildman–Crippen MR) is 76.1 cm³/mol. The summed E-state index contributed by atoms with van der Waals surface area (Å²) >= 11 is 0. The maximum absolute atomic E-state index is 9.06. The Hall–Kier alpha value is -0.340. The van der Waals surface area contributed by atoms with Gasteiger partial charge in [0.15, 0.2) is 0 Å². The summed E-state index contributed by atoms with van der Waals surface area (Å²) in [6.45, 7) is 11.9. The highest BCUT2D eigenvalue weighted by Gasteiger charge is 2.05. The Kier molecular flexibility index (Phi) is 15.3. The highest BCUT2D eigenvalue weighted by Crippen LogP contribution is 2.06. The van der Waals surface area contributed by atoms with Crippen molar-refractivity contribution in [1.82, 2.24) is 0 Å². The van der Waals surface area contributed by atoms with Gasteiger partial charge in [0.05, 0.1) is 12.2 Å². The topological polar surface area (TPSA) is 40.5 Å². The van der Waals surface area contributed by atoms with Gasteiger partial charge in [-0.05, 0) is 32.1 Å². The van der Waals surface area contributed by atoms with Crippen molar-refractivity contribution in [1.29, 1.82) is 0 Å². The molecule has 0 aromatic carbocycles. The maximum Gasteiger partial charge on any atom is 0.0564 e. The van der Waals surface area contributed by atoms with Crippen molar-refractivity contribution in [2.45, 2.75) is 78.4 Å². The van der Waals surface area contributed by atoms with Crippen molar-refractivity contribution in [3.8, 4) is 0 Å². The Bertz CT molecular complexity index is 155. The molecular formula is C15H32O2. The van der Waals surface area contributed by atoms with E-state index in [2.05, 4.69) is 20.4 Å². The van der Waals surface area contributed by atoms with Crippen LogP contribution in [-0.4, -0.2) is 22.4 Å². The van der Waals surface area contributed by atoms with Crippen molar-refractivity contribution in [3.63, 3.8) is 0 Å². The van der Waals surface area contributed by atoms with Gasteiger partial charge < -0.3 is 10.2 Å². The molecule has 0 aromatic heterocycles. The zero-order valence-corrected chi connectivity index (χ0v) is 12.2. The lowest BCUT2D eigenvalue weighted by atomic mass is 10.1. The van der Waals surface area contributed by atoms with Crippen LogP contribution in [-0.2, 0) is 0 Å². The fraction of sp³-hybridized carbons (Fsp3) is 0.867. The molecule has 0 bridgehead atoms. The standard InChI is InChI=1S/C8H16.C7H16O2/c1-4-6-7-8(3)5-2;1-3-4-7(9)5-6(2)8/h5,8H,2,4,6-7H2,1,3H3;6-9H,3-5H2,1-2H3. The predicted octanol–water partition coefficient (Wildman–Crippen LogP) is 3.92. The van der Waals surface area contributed by atoms with Gasteiger partial charge in [-0.3, -0.25) is 0 Å². The molecule has 0 aliphatic rings. The summed E-state index contributed by atoms with van der Waals surface area (Å²) in [7, 11) is 0. The Labute approximate surface area is 108 Å². The van der Waals surface area contributed by atoms with E-state index < -0.39 is 0 Å². The Morgan fingerprint density at radius 2 is 1.65 bits per heavy atom. The van der Waals surface area contributed by atoms with Crippen LogP contribution in [0.5, 0.6) is 0 Å². The maximum atomic E-state index is 9.06. The van der Waals surface area contributed by atoms with Crippen molar-refractivity contribution in [2.75, 3.05) is 0 Å². The summed E-state index contributed by atoms with van der Waals surface area (Å²) in [5.74, 6) is 0.718. The van der Waals surface area contributed by atoms with Crippen LogP contribution >= 0.6 is 0 Å². The molecule has 0 amide bonds. The van der Waals surface area contributed by atoms with Gasteiger partial charge in [-0.15, -0.1) is 6.58 Å². The second kappa shape index (κ2) is 13.7. The molecule has 104 valence electrons. The van der Waals surface area contributed by atoms with Crippen LogP contribution in [0, 0.1) is 5.92 Å². The first-order chi connectivity index (χ1) is 7.97. The van der Waals surface area contributed by atoms with Crippen molar-refractivity contribution in [3.05, 3.63) is 12.7 Å². The number of hydrogen-bond acceptors (Lipinski definition) is 2. The van der Waals surface area contributed by atoms with Gasteiger partial charge in [0.2, 0.25) is 0 Å². The van der Waals surface area contributed by atoms with E-state index >= 15 is 0 Å². The molecule has 2 heteroatoms.